The highest BCUT2D eigenvalue weighted by atomic mass is 16.4. The highest BCUT2D eigenvalue weighted by Gasteiger charge is 1.99. The zero-order chi connectivity index (χ0) is 12.8. The molecule has 4 N–H and O–H groups in total. The van der Waals surface area contributed by atoms with Gasteiger partial charge in [0.15, 0.2) is 0 Å². The Labute approximate surface area is 97.5 Å². The average molecular weight is 229 g/mol. The van der Waals surface area contributed by atoms with Crippen molar-refractivity contribution in [1.82, 2.24) is 0 Å². The van der Waals surface area contributed by atoms with Crippen molar-refractivity contribution in [3.8, 4) is 0 Å². The van der Waals surface area contributed by atoms with Gasteiger partial charge in [-0.3, -0.25) is 0 Å². The van der Waals surface area contributed by atoms with Gasteiger partial charge < -0.3 is 15.9 Å². The van der Waals surface area contributed by atoms with E-state index in [1.807, 2.05) is 12.2 Å². The first-order valence-corrected chi connectivity index (χ1v) is 5.48. The van der Waals surface area contributed by atoms with Gasteiger partial charge in [0.25, 0.3) is 0 Å². The molecule has 94 valence electrons. The Morgan fingerprint density at radius 3 is 2.50 bits per heavy atom. The van der Waals surface area contributed by atoms with Crippen LogP contribution in [-0.4, -0.2) is 22.4 Å². The molecule has 0 bridgehead atoms. The van der Waals surface area contributed by atoms with Gasteiger partial charge in [-0.15, -0.1) is 0 Å². The van der Waals surface area contributed by atoms with E-state index in [9.17, 15) is 5.11 Å². The van der Waals surface area contributed by atoms with Crippen LogP contribution in [0.2, 0.25) is 0 Å². The van der Waals surface area contributed by atoms with Crippen molar-refractivity contribution < 1.29 is 15.0 Å². The molecule has 0 spiro atoms. The molecule has 4 nitrogen and oxygen atoms in total. The second-order valence-electron chi connectivity index (χ2n) is 3.39. The largest absolute Gasteiger partial charge is 0.465 e. The van der Waals surface area contributed by atoms with Gasteiger partial charge in [0, 0.05) is 0 Å². The van der Waals surface area contributed by atoms with Crippen LogP contribution in [0.3, 0.4) is 0 Å². The lowest BCUT2D eigenvalue weighted by molar-refractivity contribution is 0.164. The van der Waals surface area contributed by atoms with Crippen LogP contribution in [0, 0.1) is 0 Å². The summed E-state index contributed by atoms with van der Waals surface area (Å²) in [7, 11) is 0. The Bertz CT molecular complexity index is 198. The number of amides is 1. The summed E-state index contributed by atoms with van der Waals surface area (Å²) < 4.78 is 0. The zero-order valence-corrected chi connectivity index (χ0v) is 9.93. The van der Waals surface area contributed by atoms with E-state index in [4.69, 9.17) is 9.90 Å². The van der Waals surface area contributed by atoms with Crippen molar-refractivity contribution in [2.45, 2.75) is 45.1 Å². The quantitative estimate of drug-likeness (QED) is 0.463. The number of primary amides is 1. The zero-order valence-electron chi connectivity index (χ0n) is 9.93. The average Bonchev–Trinajstić information content (AvgIpc) is 2.18. The summed E-state index contributed by atoms with van der Waals surface area (Å²) in [6, 6.07) is 0. The third-order valence-electron chi connectivity index (χ3n) is 1.82. The second kappa shape index (κ2) is 13.7. The van der Waals surface area contributed by atoms with Crippen LogP contribution in [0.1, 0.15) is 39.0 Å². The Hall–Kier alpha value is -1.29. The third kappa shape index (κ3) is 23.0. The summed E-state index contributed by atoms with van der Waals surface area (Å²) in [5, 5.41) is 16.6. The molecule has 0 rings (SSSR count). The minimum atomic E-state index is -1.33. The van der Waals surface area contributed by atoms with Gasteiger partial charge in [-0.2, -0.15) is 0 Å². The Morgan fingerprint density at radius 2 is 2.06 bits per heavy atom. The van der Waals surface area contributed by atoms with E-state index in [1.54, 1.807) is 6.08 Å². The molecule has 0 aromatic carbocycles. The minimum Gasteiger partial charge on any atom is -0.465 e. The monoisotopic (exact) mass is 229 g/mol. The maximum atomic E-state index is 9.42. The third-order valence-corrected chi connectivity index (χ3v) is 1.82. The van der Waals surface area contributed by atoms with E-state index >= 15 is 0 Å². The summed E-state index contributed by atoms with van der Waals surface area (Å²) in [6.07, 6.45) is 9.35. The SMILES string of the molecule is C=CC=CCC(O)CCCCC.NC(=O)O. The van der Waals surface area contributed by atoms with Crippen molar-refractivity contribution in [2.24, 2.45) is 5.73 Å². The topological polar surface area (TPSA) is 83.5 Å². The van der Waals surface area contributed by atoms with Gasteiger partial charge in [0.1, 0.15) is 0 Å². The molecule has 16 heavy (non-hydrogen) atoms. The molecular weight excluding hydrogens is 206 g/mol. The van der Waals surface area contributed by atoms with Crippen molar-refractivity contribution in [1.29, 1.82) is 0 Å². The molecule has 0 heterocycles. The Kier molecular flexibility index (Phi) is 14.7. The lowest BCUT2D eigenvalue weighted by atomic mass is 10.1. The number of carbonyl (C=O) groups is 1. The predicted molar refractivity (Wildman–Crippen MR) is 66.3 cm³/mol. The van der Waals surface area contributed by atoms with E-state index in [0.717, 1.165) is 19.3 Å². The number of hydrogen-bond donors (Lipinski definition) is 3. The molecule has 1 atom stereocenters. The molecular formula is C12H23NO3. The summed E-state index contributed by atoms with van der Waals surface area (Å²) >= 11 is 0. The van der Waals surface area contributed by atoms with Gasteiger partial charge in [-0.05, 0) is 12.8 Å². The van der Waals surface area contributed by atoms with Crippen LogP contribution in [0.4, 0.5) is 4.79 Å². The van der Waals surface area contributed by atoms with Crippen LogP contribution < -0.4 is 5.73 Å². The first kappa shape index (κ1) is 17.1. The minimum absolute atomic E-state index is 0.159. The number of aliphatic hydroxyl groups is 1. The number of carboxylic acid groups (broad SMARTS) is 1. The first-order valence-electron chi connectivity index (χ1n) is 5.48. The van der Waals surface area contributed by atoms with E-state index in [0.29, 0.717) is 0 Å². The molecule has 0 radical (unpaired) electrons. The van der Waals surface area contributed by atoms with Crippen LogP contribution in [0.25, 0.3) is 0 Å². The fraction of sp³-hybridized carbons (Fsp3) is 0.583. The lowest BCUT2D eigenvalue weighted by Crippen LogP contribution is -2.03. The number of allylic oxidation sites excluding steroid dienone is 2. The summed E-state index contributed by atoms with van der Waals surface area (Å²) in [6.45, 7) is 5.74. The van der Waals surface area contributed by atoms with Gasteiger partial charge in [0.05, 0.1) is 6.10 Å². The standard InChI is InChI=1S/C11H20O.CH3NO2/c1-3-5-7-9-11(12)10-8-6-4-2;2-1(3)4/h3,5,7,11-12H,1,4,6,8-10H2,2H3;2H2,(H,3,4). The first-order chi connectivity index (χ1) is 7.54. The van der Waals surface area contributed by atoms with E-state index in [-0.39, 0.29) is 6.10 Å². The number of nitrogens with two attached hydrogens (primary N) is 1. The van der Waals surface area contributed by atoms with Crippen LogP contribution in [0.15, 0.2) is 24.8 Å². The number of aliphatic hydroxyl groups excluding tert-OH is 1. The molecule has 4 heteroatoms. The van der Waals surface area contributed by atoms with Gasteiger partial charge >= 0.3 is 6.09 Å². The van der Waals surface area contributed by atoms with E-state index in [1.165, 1.54) is 12.8 Å². The molecule has 0 saturated carbocycles. The summed E-state index contributed by atoms with van der Waals surface area (Å²) in [5.41, 5.74) is 4.03. The number of hydrogen-bond acceptors (Lipinski definition) is 2. The van der Waals surface area contributed by atoms with Crippen molar-refractivity contribution >= 4 is 6.09 Å². The van der Waals surface area contributed by atoms with E-state index in [2.05, 4.69) is 19.2 Å². The molecule has 0 aliphatic carbocycles. The molecule has 0 fully saturated rings. The Morgan fingerprint density at radius 1 is 1.50 bits per heavy atom. The fourth-order valence-corrected chi connectivity index (χ4v) is 1.08. The van der Waals surface area contributed by atoms with Crippen LogP contribution in [0.5, 0.6) is 0 Å². The fourth-order valence-electron chi connectivity index (χ4n) is 1.08. The molecule has 0 saturated heterocycles. The number of unbranched alkanes of at least 4 members (excludes halogenated alkanes) is 2. The lowest BCUT2D eigenvalue weighted by Gasteiger charge is -2.05. The van der Waals surface area contributed by atoms with E-state index < -0.39 is 6.09 Å². The van der Waals surface area contributed by atoms with Gasteiger partial charge in [-0.25, -0.2) is 4.79 Å². The second-order valence-corrected chi connectivity index (χ2v) is 3.39. The molecule has 1 unspecified atom stereocenters. The molecule has 1 amide bonds. The molecule has 0 aliphatic rings. The smallest absolute Gasteiger partial charge is 0.402 e. The van der Waals surface area contributed by atoms with Crippen LogP contribution in [-0.2, 0) is 0 Å². The van der Waals surface area contributed by atoms with Gasteiger partial charge in [0.2, 0.25) is 0 Å². The molecule has 0 aliphatic heterocycles. The maximum Gasteiger partial charge on any atom is 0.402 e. The molecule has 0 aromatic heterocycles. The number of rotatable bonds is 7. The summed E-state index contributed by atoms with van der Waals surface area (Å²) in [4.78, 5) is 8.78. The van der Waals surface area contributed by atoms with Crippen LogP contribution >= 0.6 is 0 Å². The molecule has 0 aromatic rings. The predicted octanol–water partition coefficient (Wildman–Crippen LogP) is 2.68. The maximum absolute atomic E-state index is 9.42. The summed E-state index contributed by atoms with van der Waals surface area (Å²) in [5.74, 6) is 0. The van der Waals surface area contributed by atoms with Gasteiger partial charge in [-0.1, -0.05) is 51.0 Å². The Balaban J connectivity index is 0. The highest BCUT2D eigenvalue weighted by molar-refractivity contribution is 5.61. The highest BCUT2D eigenvalue weighted by Crippen LogP contribution is 2.06. The van der Waals surface area contributed by atoms with Crippen molar-refractivity contribution in [2.75, 3.05) is 0 Å². The van der Waals surface area contributed by atoms with Crippen molar-refractivity contribution in [3.05, 3.63) is 24.8 Å². The normalized spacial score (nSPS) is 11.6. The van der Waals surface area contributed by atoms with Crippen molar-refractivity contribution in [3.63, 3.8) is 0 Å².